The Balaban J connectivity index is 1.64. The second-order valence-corrected chi connectivity index (χ2v) is 10.1. The van der Waals surface area contributed by atoms with Crippen molar-refractivity contribution in [2.75, 3.05) is 11.9 Å². The molecule has 1 fully saturated rings. The summed E-state index contributed by atoms with van der Waals surface area (Å²) in [4.78, 5) is 66.5. The topological polar surface area (TPSA) is 169 Å². The maximum atomic E-state index is 13.2. The summed E-state index contributed by atoms with van der Waals surface area (Å²) in [6.07, 6.45) is 1.47. The number of nitrogens with one attached hydrogen (secondary N) is 2. The van der Waals surface area contributed by atoms with E-state index in [0.29, 0.717) is 19.3 Å². The number of hydrogen-bond donors (Lipinski definition) is 3. The van der Waals surface area contributed by atoms with E-state index in [2.05, 4.69) is 15.6 Å². The number of anilines is 1. The molecule has 13 heteroatoms. The first-order chi connectivity index (χ1) is 18.4. The Hall–Kier alpha value is -4.42. The van der Waals surface area contributed by atoms with Gasteiger partial charge in [-0.05, 0) is 51.7 Å². The Kier molecular flexibility index (Phi) is 9.63. The summed E-state index contributed by atoms with van der Waals surface area (Å²) >= 11 is 0. The van der Waals surface area contributed by atoms with Crippen LogP contribution in [0.15, 0.2) is 47.4 Å². The minimum absolute atomic E-state index is 0.0304. The summed E-state index contributed by atoms with van der Waals surface area (Å²) in [5, 5.41) is 14.5. The highest BCUT2D eigenvalue weighted by molar-refractivity contribution is 5.83. The Morgan fingerprint density at radius 2 is 1.82 bits per heavy atom. The van der Waals surface area contributed by atoms with Crippen LogP contribution < -0.4 is 16.3 Å². The van der Waals surface area contributed by atoms with Crippen molar-refractivity contribution in [2.45, 2.75) is 70.9 Å². The predicted molar refractivity (Wildman–Crippen MR) is 139 cm³/mol. The maximum absolute atomic E-state index is 13.2. The lowest BCUT2D eigenvalue weighted by Gasteiger charge is -2.33. The van der Waals surface area contributed by atoms with E-state index < -0.39 is 60.5 Å². The Bertz CT molecular complexity index is 1240. The van der Waals surface area contributed by atoms with Gasteiger partial charge in [0.25, 0.3) is 0 Å². The molecule has 1 aromatic carbocycles. The zero-order valence-electron chi connectivity index (χ0n) is 22.1. The van der Waals surface area contributed by atoms with Gasteiger partial charge in [0.15, 0.2) is 0 Å². The molecule has 0 saturated heterocycles. The fraction of sp³-hybridized carbons (Fsp3) is 0.462. The number of amides is 3. The number of benzene rings is 1. The zero-order chi connectivity index (χ0) is 28.6. The molecule has 3 amide bonds. The third kappa shape index (κ3) is 9.13. The van der Waals surface area contributed by atoms with E-state index in [4.69, 9.17) is 9.47 Å². The van der Waals surface area contributed by atoms with E-state index in [1.165, 1.54) is 12.3 Å². The van der Waals surface area contributed by atoms with Crippen LogP contribution in [0.2, 0.25) is 0 Å². The lowest BCUT2D eigenvalue weighted by molar-refractivity contribution is -0.146. The normalized spacial score (nSPS) is 16.7. The molecule has 1 heterocycles. The van der Waals surface area contributed by atoms with Crippen LogP contribution >= 0.6 is 0 Å². The molecule has 1 saturated carbocycles. The average Bonchev–Trinajstić information content (AvgIpc) is 3.29. The molecular weight excluding hydrogens is 510 g/mol. The zero-order valence-corrected chi connectivity index (χ0v) is 22.1. The van der Waals surface area contributed by atoms with Gasteiger partial charge >= 0.3 is 23.8 Å². The van der Waals surface area contributed by atoms with E-state index in [9.17, 15) is 29.1 Å². The minimum Gasteiger partial charge on any atom is -0.480 e. The lowest BCUT2D eigenvalue weighted by atomic mass is 10.1. The molecule has 3 rings (SSSR count). The molecule has 0 bridgehead atoms. The first kappa shape index (κ1) is 29.1. The maximum Gasteiger partial charge on any atom is 0.413 e. The number of hydrogen-bond acceptors (Lipinski definition) is 8. The number of nitrogens with zero attached hydrogens (tertiary/aromatic N) is 3. The van der Waals surface area contributed by atoms with Crippen LogP contribution in [-0.2, 0) is 32.2 Å². The summed E-state index contributed by atoms with van der Waals surface area (Å²) in [5.41, 5.74) is -0.761. The Morgan fingerprint density at radius 3 is 2.46 bits per heavy atom. The van der Waals surface area contributed by atoms with Gasteiger partial charge in [0, 0.05) is 6.20 Å². The fourth-order valence-electron chi connectivity index (χ4n) is 4.20. The summed E-state index contributed by atoms with van der Waals surface area (Å²) in [5.74, 6) is -1.93. The molecule has 0 radical (unpaired) electrons. The standard InChI is InChI=1S/C26H33N5O8/c1-26(2,3)39-25(37)27-18-10-7-11-19(18)31(15-22(33)34)21(32)14-30-13-12-20(28-23(30)35)29-24(36)38-16-17-8-5-4-6-9-17/h4-6,8-9,12-13,18-19H,7,10-11,14-16H2,1-3H3,(H,27,37)(H,33,34)(H,28,29,35,36)/t18-,19-/m0/s1. The van der Waals surface area contributed by atoms with Gasteiger partial charge in [-0.1, -0.05) is 30.3 Å². The summed E-state index contributed by atoms with van der Waals surface area (Å²) in [6.45, 7) is 4.11. The molecule has 13 nitrogen and oxygen atoms in total. The summed E-state index contributed by atoms with van der Waals surface area (Å²) in [7, 11) is 0. The van der Waals surface area contributed by atoms with Gasteiger partial charge in [0.2, 0.25) is 5.91 Å². The highest BCUT2D eigenvalue weighted by Crippen LogP contribution is 2.25. The van der Waals surface area contributed by atoms with E-state index in [0.717, 1.165) is 15.0 Å². The Labute approximate surface area is 225 Å². The number of carbonyl (C=O) groups is 4. The summed E-state index contributed by atoms with van der Waals surface area (Å²) in [6, 6.07) is 9.25. The Morgan fingerprint density at radius 1 is 1.10 bits per heavy atom. The van der Waals surface area contributed by atoms with Crippen LogP contribution in [0.5, 0.6) is 0 Å². The molecule has 1 aromatic heterocycles. The van der Waals surface area contributed by atoms with Crippen molar-refractivity contribution in [1.29, 1.82) is 0 Å². The quantitative estimate of drug-likeness (QED) is 0.430. The average molecular weight is 544 g/mol. The number of rotatable bonds is 9. The third-order valence-corrected chi connectivity index (χ3v) is 5.83. The summed E-state index contributed by atoms with van der Waals surface area (Å²) < 4.78 is 11.4. The highest BCUT2D eigenvalue weighted by Gasteiger charge is 2.37. The second-order valence-electron chi connectivity index (χ2n) is 10.1. The van der Waals surface area contributed by atoms with E-state index in [1.54, 1.807) is 45.0 Å². The van der Waals surface area contributed by atoms with Crippen LogP contribution in [-0.4, -0.2) is 67.8 Å². The molecule has 210 valence electrons. The number of carboxylic acid groups (broad SMARTS) is 1. The van der Waals surface area contributed by atoms with Gasteiger partial charge in [-0.2, -0.15) is 4.98 Å². The molecule has 1 aliphatic rings. The monoisotopic (exact) mass is 543 g/mol. The largest absolute Gasteiger partial charge is 0.480 e. The van der Waals surface area contributed by atoms with Gasteiger partial charge in [0.1, 0.15) is 31.1 Å². The van der Waals surface area contributed by atoms with E-state index >= 15 is 0 Å². The number of ether oxygens (including phenoxy) is 2. The molecule has 1 aliphatic carbocycles. The molecule has 2 aromatic rings. The molecule has 39 heavy (non-hydrogen) atoms. The van der Waals surface area contributed by atoms with Crippen LogP contribution in [0, 0.1) is 0 Å². The van der Waals surface area contributed by atoms with Crippen molar-refractivity contribution in [2.24, 2.45) is 0 Å². The third-order valence-electron chi connectivity index (χ3n) is 5.83. The predicted octanol–water partition coefficient (Wildman–Crippen LogP) is 2.35. The van der Waals surface area contributed by atoms with Gasteiger partial charge in [-0.15, -0.1) is 0 Å². The SMILES string of the molecule is CC(C)(C)OC(=O)N[C@H]1CCC[C@@H]1N(CC(=O)O)C(=O)Cn1ccc(NC(=O)OCc2ccccc2)nc1=O. The first-order valence-corrected chi connectivity index (χ1v) is 12.5. The van der Waals surface area contributed by atoms with E-state index in [-0.39, 0.29) is 12.4 Å². The van der Waals surface area contributed by atoms with Crippen molar-refractivity contribution in [1.82, 2.24) is 19.8 Å². The van der Waals surface area contributed by atoms with Crippen molar-refractivity contribution >= 4 is 29.9 Å². The molecular formula is C26H33N5O8. The van der Waals surface area contributed by atoms with Crippen molar-refractivity contribution < 1.29 is 33.8 Å². The van der Waals surface area contributed by atoms with E-state index in [1.807, 2.05) is 6.07 Å². The molecule has 0 aliphatic heterocycles. The molecule has 0 spiro atoms. The van der Waals surface area contributed by atoms with Crippen LogP contribution in [0.1, 0.15) is 45.6 Å². The van der Waals surface area contributed by atoms with Gasteiger partial charge in [0.05, 0.1) is 12.1 Å². The fourth-order valence-corrected chi connectivity index (χ4v) is 4.20. The first-order valence-electron chi connectivity index (χ1n) is 12.5. The van der Waals surface area contributed by atoms with Crippen LogP contribution in [0.4, 0.5) is 15.4 Å². The second kappa shape index (κ2) is 12.9. The smallest absolute Gasteiger partial charge is 0.413 e. The van der Waals surface area contributed by atoms with Crippen molar-refractivity contribution in [3.63, 3.8) is 0 Å². The molecule has 3 N–H and O–H groups in total. The number of aliphatic carboxylic acids is 1. The van der Waals surface area contributed by atoms with Gasteiger partial charge in [-0.3, -0.25) is 19.5 Å². The number of carbonyl (C=O) groups excluding carboxylic acids is 3. The van der Waals surface area contributed by atoms with Gasteiger partial charge < -0.3 is 24.8 Å². The highest BCUT2D eigenvalue weighted by atomic mass is 16.6. The van der Waals surface area contributed by atoms with Crippen LogP contribution in [0.25, 0.3) is 0 Å². The number of aromatic nitrogens is 2. The van der Waals surface area contributed by atoms with Gasteiger partial charge in [-0.25, -0.2) is 14.4 Å². The number of carboxylic acids is 1. The minimum atomic E-state index is -1.23. The molecule has 0 unspecified atom stereocenters. The number of alkyl carbamates (subject to hydrolysis) is 1. The van der Waals surface area contributed by atoms with Crippen LogP contribution in [0.3, 0.4) is 0 Å². The lowest BCUT2D eigenvalue weighted by Crippen LogP contribution is -2.54. The molecule has 2 atom stereocenters. The van der Waals surface area contributed by atoms with Crippen molar-refractivity contribution in [3.8, 4) is 0 Å². The van der Waals surface area contributed by atoms with Crippen molar-refractivity contribution in [3.05, 3.63) is 58.6 Å².